The van der Waals surface area contributed by atoms with Gasteiger partial charge in [-0.1, -0.05) is 6.92 Å². The smallest absolute Gasteiger partial charge is 0.372 e. The van der Waals surface area contributed by atoms with Crippen LogP contribution in [0.4, 0.5) is 0 Å². The second-order valence-electron chi connectivity index (χ2n) is 5.19. The SMILES string of the molecule is CCC1CCC(C)N1Cc1cc(C)c(C(=O)O)o1. The summed E-state index contributed by atoms with van der Waals surface area (Å²) < 4.78 is 5.44. The van der Waals surface area contributed by atoms with Gasteiger partial charge in [0.1, 0.15) is 5.76 Å². The van der Waals surface area contributed by atoms with Crippen molar-refractivity contribution in [2.24, 2.45) is 0 Å². The van der Waals surface area contributed by atoms with E-state index in [4.69, 9.17) is 9.52 Å². The normalized spacial score (nSPS) is 24.6. The lowest BCUT2D eigenvalue weighted by atomic mass is 10.1. The molecule has 2 unspecified atom stereocenters. The van der Waals surface area contributed by atoms with Crippen molar-refractivity contribution in [2.75, 3.05) is 0 Å². The molecule has 0 radical (unpaired) electrons. The van der Waals surface area contributed by atoms with Crippen LogP contribution in [0.5, 0.6) is 0 Å². The molecule has 0 aromatic carbocycles. The first-order valence-corrected chi connectivity index (χ1v) is 6.61. The maximum atomic E-state index is 10.9. The lowest BCUT2D eigenvalue weighted by Gasteiger charge is -2.26. The molecule has 4 heteroatoms. The van der Waals surface area contributed by atoms with Gasteiger partial charge in [0.15, 0.2) is 0 Å². The van der Waals surface area contributed by atoms with Crippen LogP contribution < -0.4 is 0 Å². The first-order valence-electron chi connectivity index (χ1n) is 6.61. The molecular weight excluding hydrogens is 230 g/mol. The summed E-state index contributed by atoms with van der Waals surface area (Å²) in [5.41, 5.74) is 0.706. The number of rotatable bonds is 4. The first-order chi connectivity index (χ1) is 8.52. The number of carboxylic acid groups (broad SMARTS) is 1. The minimum absolute atomic E-state index is 0.0740. The van der Waals surface area contributed by atoms with E-state index in [1.807, 2.05) is 6.07 Å². The van der Waals surface area contributed by atoms with Crippen molar-refractivity contribution in [1.82, 2.24) is 4.90 Å². The molecule has 2 heterocycles. The van der Waals surface area contributed by atoms with Crippen LogP contribution in [0, 0.1) is 6.92 Å². The van der Waals surface area contributed by atoms with E-state index in [2.05, 4.69) is 18.7 Å². The third-order valence-electron chi connectivity index (χ3n) is 3.93. The minimum Gasteiger partial charge on any atom is -0.475 e. The second kappa shape index (κ2) is 5.14. The van der Waals surface area contributed by atoms with Crippen molar-refractivity contribution in [3.63, 3.8) is 0 Å². The van der Waals surface area contributed by atoms with Crippen molar-refractivity contribution in [3.8, 4) is 0 Å². The largest absolute Gasteiger partial charge is 0.475 e. The predicted molar refractivity (Wildman–Crippen MR) is 68.7 cm³/mol. The second-order valence-corrected chi connectivity index (χ2v) is 5.19. The van der Waals surface area contributed by atoms with Gasteiger partial charge in [-0.3, -0.25) is 4.90 Å². The van der Waals surface area contributed by atoms with Crippen LogP contribution in [0.2, 0.25) is 0 Å². The monoisotopic (exact) mass is 251 g/mol. The minimum atomic E-state index is -0.986. The van der Waals surface area contributed by atoms with Crippen LogP contribution in [0.15, 0.2) is 10.5 Å². The Hall–Kier alpha value is -1.29. The molecule has 18 heavy (non-hydrogen) atoms. The Labute approximate surface area is 108 Å². The molecule has 1 saturated heterocycles. The van der Waals surface area contributed by atoms with E-state index in [1.165, 1.54) is 12.8 Å². The van der Waals surface area contributed by atoms with Gasteiger partial charge >= 0.3 is 5.97 Å². The Morgan fingerprint density at radius 2 is 2.28 bits per heavy atom. The lowest BCUT2D eigenvalue weighted by Crippen LogP contribution is -2.33. The number of hydrogen-bond acceptors (Lipinski definition) is 3. The fourth-order valence-corrected chi connectivity index (χ4v) is 2.87. The molecular formula is C14H21NO3. The van der Waals surface area contributed by atoms with E-state index in [0.717, 1.165) is 12.2 Å². The molecule has 0 bridgehead atoms. The van der Waals surface area contributed by atoms with Gasteiger partial charge in [-0.2, -0.15) is 0 Å². The average Bonchev–Trinajstić information content (AvgIpc) is 2.84. The fourth-order valence-electron chi connectivity index (χ4n) is 2.87. The highest BCUT2D eigenvalue weighted by molar-refractivity contribution is 5.86. The zero-order valence-corrected chi connectivity index (χ0v) is 11.3. The van der Waals surface area contributed by atoms with Crippen LogP contribution in [-0.4, -0.2) is 28.1 Å². The number of carbonyl (C=O) groups is 1. The molecule has 1 fully saturated rings. The maximum Gasteiger partial charge on any atom is 0.372 e. The van der Waals surface area contributed by atoms with Gasteiger partial charge in [0.2, 0.25) is 5.76 Å². The Balaban J connectivity index is 2.13. The maximum absolute atomic E-state index is 10.9. The molecule has 1 aliphatic rings. The Morgan fingerprint density at radius 3 is 2.83 bits per heavy atom. The summed E-state index contributed by atoms with van der Waals surface area (Å²) >= 11 is 0. The molecule has 1 aromatic heterocycles. The van der Waals surface area contributed by atoms with E-state index in [1.54, 1.807) is 6.92 Å². The summed E-state index contributed by atoms with van der Waals surface area (Å²) in [4.78, 5) is 13.4. The van der Waals surface area contributed by atoms with Gasteiger partial charge < -0.3 is 9.52 Å². The van der Waals surface area contributed by atoms with E-state index in [0.29, 0.717) is 24.2 Å². The van der Waals surface area contributed by atoms with Crippen molar-refractivity contribution in [2.45, 2.75) is 58.7 Å². The van der Waals surface area contributed by atoms with Gasteiger partial charge in [-0.25, -0.2) is 4.79 Å². The van der Waals surface area contributed by atoms with E-state index < -0.39 is 5.97 Å². The highest BCUT2D eigenvalue weighted by Gasteiger charge is 2.30. The Kier molecular flexibility index (Phi) is 3.76. The van der Waals surface area contributed by atoms with Gasteiger partial charge in [0.25, 0.3) is 0 Å². The van der Waals surface area contributed by atoms with Gasteiger partial charge in [0.05, 0.1) is 6.54 Å². The quantitative estimate of drug-likeness (QED) is 0.893. The van der Waals surface area contributed by atoms with E-state index in [-0.39, 0.29) is 5.76 Å². The topological polar surface area (TPSA) is 53.7 Å². The summed E-state index contributed by atoms with van der Waals surface area (Å²) in [5, 5.41) is 8.98. The number of carboxylic acids is 1. The predicted octanol–water partition coefficient (Wildman–Crippen LogP) is 3.05. The molecule has 1 aromatic rings. The Bertz CT molecular complexity index is 438. The molecule has 4 nitrogen and oxygen atoms in total. The van der Waals surface area contributed by atoms with Crippen molar-refractivity contribution < 1.29 is 14.3 Å². The summed E-state index contributed by atoms with van der Waals surface area (Å²) in [5.74, 6) is -0.151. The molecule has 0 aliphatic carbocycles. The molecule has 0 saturated carbocycles. The number of hydrogen-bond donors (Lipinski definition) is 1. The molecule has 2 atom stereocenters. The molecule has 0 spiro atoms. The summed E-state index contributed by atoms with van der Waals surface area (Å²) in [6.45, 7) is 6.92. The number of likely N-dealkylation sites (tertiary alicyclic amines) is 1. The molecule has 1 N–H and O–H groups in total. The van der Waals surface area contributed by atoms with Gasteiger partial charge in [0, 0.05) is 17.6 Å². The Morgan fingerprint density at radius 1 is 1.56 bits per heavy atom. The van der Waals surface area contributed by atoms with Crippen LogP contribution in [0.3, 0.4) is 0 Å². The highest BCUT2D eigenvalue weighted by Crippen LogP contribution is 2.28. The molecule has 0 amide bonds. The molecule has 1 aliphatic heterocycles. The third-order valence-corrected chi connectivity index (χ3v) is 3.93. The van der Waals surface area contributed by atoms with Gasteiger partial charge in [-0.05, 0) is 39.2 Å². The van der Waals surface area contributed by atoms with Gasteiger partial charge in [-0.15, -0.1) is 0 Å². The fraction of sp³-hybridized carbons (Fsp3) is 0.643. The number of nitrogens with zero attached hydrogens (tertiary/aromatic N) is 1. The summed E-state index contributed by atoms with van der Waals surface area (Å²) in [6.07, 6.45) is 3.57. The number of aromatic carboxylic acids is 1. The van der Waals surface area contributed by atoms with Crippen molar-refractivity contribution >= 4 is 5.97 Å². The standard InChI is InChI=1S/C14H21NO3/c1-4-11-6-5-10(3)15(11)8-12-7-9(2)13(18-12)14(16)17/h7,10-11H,4-6,8H2,1-3H3,(H,16,17). The van der Waals surface area contributed by atoms with Crippen LogP contribution in [0.25, 0.3) is 0 Å². The lowest BCUT2D eigenvalue weighted by molar-refractivity contribution is 0.0656. The van der Waals surface area contributed by atoms with Crippen LogP contribution in [-0.2, 0) is 6.54 Å². The summed E-state index contributed by atoms with van der Waals surface area (Å²) in [7, 11) is 0. The summed E-state index contributed by atoms with van der Waals surface area (Å²) in [6, 6.07) is 2.99. The first kappa shape index (κ1) is 13.1. The van der Waals surface area contributed by atoms with Crippen molar-refractivity contribution in [1.29, 1.82) is 0 Å². The van der Waals surface area contributed by atoms with Crippen molar-refractivity contribution in [3.05, 3.63) is 23.2 Å². The number of furan rings is 1. The highest BCUT2D eigenvalue weighted by atomic mass is 16.4. The van der Waals surface area contributed by atoms with E-state index >= 15 is 0 Å². The third kappa shape index (κ3) is 2.43. The van der Waals surface area contributed by atoms with Crippen LogP contribution in [0.1, 0.15) is 55.0 Å². The zero-order valence-electron chi connectivity index (χ0n) is 11.3. The molecule has 2 rings (SSSR count). The molecule has 100 valence electrons. The average molecular weight is 251 g/mol. The van der Waals surface area contributed by atoms with E-state index in [9.17, 15) is 4.79 Å². The zero-order chi connectivity index (χ0) is 13.3. The van der Waals surface area contributed by atoms with Crippen LogP contribution >= 0.6 is 0 Å². The number of aryl methyl sites for hydroxylation is 1.